The predicted molar refractivity (Wildman–Crippen MR) is 232 cm³/mol. The summed E-state index contributed by atoms with van der Waals surface area (Å²) in [6, 6.07) is 20.6. The van der Waals surface area contributed by atoms with Crippen molar-refractivity contribution < 1.29 is 9.31 Å². The Morgan fingerprint density at radius 1 is 0.852 bits per heavy atom. The Morgan fingerprint density at radius 2 is 1.54 bits per heavy atom. The zero-order chi connectivity index (χ0) is 38.5. The van der Waals surface area contributed by atoms with Crippen LogP contribution in [0.2, 0.25) is 15.1 Å². The van der Waals surface area contributed by atoms with Crippen LogP contribution in [0.4, 0.5) is 11.4 Å². The fourth-order valence-corrected chi connectivity index (χ4v) is 10.3. The lowest BCUT2D eigenvalue weighted by Crippen LogP contribution is -2.27. The van der Waals surface area contributed by atoms with Crippen molar-refractivity contribution in [3.05, 3.63) is 156 Å². The van der Waals surface area contributed by atoms with Crippen molar-refractivity contribution >= 4 is 63.7 Å². The van der Waals surface area contributed by atoms with E-state index in [0.29, 0.717) is 0 Å². The average molecular weight is 797 g/mol. The molecule has 2 aliphatic carbocycles. The van der Waals surface area contributed by atoms with Crippen molar-refractivity contribution in [2.45, 2.75) is 90.4 Å². The zero-order valence-corrected chi connectivity index (χ0v) is 35.7. The summed E-state index contributed by atoms with van der Waals surface area (Å²) in [4.78, 5) is 4.95. The summed E-state index contributed by atoms with van der Waals surface area (Å²) < 4.78 is 9.60. The minimum Gasteiger partial charge on any atom is -0.461 e. The van der Waals surface area contributed by atoms with E-state index >= 15 is 0 Å². The van der Waals surface area contributed by atoms with Crippen LogP contribution in [0, 0.1) is 5.92 Å². The van der Waals surface area contributed by atoms with Crippen molar-refractivity contribution in [3.63, 3.8) is 0 Å². The van der Waals surface area contributed by atoms with E-state index < -0.39 is 0 Å². The first-order chi connectivity index (χ1) is 25.7. The molecule has 2 heterocycles. The van der Waals surface area contributed by atoms with Crippen LogP contribution >= 0.6 is 46.6 Å². The summed E-state index contributed by atoms with van der Waals surface area (Å²) in [6.07, 6.45) is 14.3. The molecule has 1 unspecified atom stereocenters. The third-order valence-electron chi connectivity index (χ3n) is 11.5. The van der Waals surface area contributed by atoms with Gasteiger partial charge in [-0.25, -0.2) is 0 Å². The molecule has 0 N–H and O–H groups in total. The molecule has 3 aromatic rings. The van der Waals surface area contributed by atoms with Crippen molar-refractivity contribution in [2.75, 3.05) is 18.0 Å². The second-order valence-corrected chi connectivity index (χ2v) is 18.3. The van der Waals surface area contributed by atoms with Crippen LogP contribution in [0.25, 0.3) is 0 Å². The van der Waals surface area contributed by atoms with Gasteiger partial charge in [-0.3, -0.25) is 0 Å². The number of benzene rings is 3. The number of likely N-dealkylation sites (N-methyl/N-ethyl adjacent to an activating group) is 1. The number of rotatable bonds is 9. The van der Waals surface area contributed by atoms with Gasteiger partial charge in [-0.05, 0) is 154 Å². The van der Waals surface area contributed by atoms with Gasteiger partial charge < -0.3 is 9.64 Å². The van der Waals surface area contributed by atoms with Crippen LogP contribution in [0.3, 0.4) is 0 Å². The van der Waals surface area contributed by atoms with Crippen molar-refractivity contribution in [3.8, 4) is 0 Å². The van der Waals surface area contributed by atoms with E-state index in [-0.39, 0.29) is 16.7 Å². The molecule has 0 aromatic heterocycles. The predicted octanol–water partition coefficient (Wildman–Crippen LogP) is 14.3. The molecule has 0 fully saturated rings. The van der Waals surface area contributed by atoms with Crippen molar-refractivity contribution in [1.29, 1.82) is 0 Å². The van der Waals surface area contributed by atoms with E-state index in [1.807, 2.05) is 36.0 Å². The normalized spacial score (nSPS) is 21.9. The van der Waals surface area contributed by atoms with Crippen LogP contribution < -0.4 is 4.90 Å². The summed E-state index contributed by atoms with van der Waals surface area (Å²) in [5, 5.41) is 2.30. The van der Waals surface area contributed by atoms with Gasteiger partial charge in [0.15, 0.2) is 5.71 Å². The van der Waals surface area contributed by atoms with Crippen LogP contribution in [-0.4, -0.2) is 23.4 Å². The first kappa shape index (κ1) is 38.8. The van der Waals surface area contributed by atoms with E-state index in [0.717, 1.165) is 58.9 Å². The summed E-state index contributed by atoms with van der Waals surface area (Å²) in [5.74, 6) is 2.25. The Bertz CT molecular complexity index is 2230. The third-order valence-corrected chi connectivity index (χ3v) is 13.2. The lowest BCUT2D eigenvalue weighted by atomic mass is 9.81. The van der Waals surface area contributed by atoms with Crippen LogP contribution in [0.1, 0.15) is 85.8 Å². The molecule has 0 radical (unpaired) electrons. The highest BCUT2D eigenvalue weighted by atomic mass is 35.5. The lowest BCUT2D eigenvalue weighted by Gasteiger charge is -2.26. The quantitative estimate of drug-likeness (QED) is 0.201. The maximum Gasteiger partial charge on any atom is 0.209 e. The maximum atomic E-state index is 7.18. The van der Waals surface area contributed by atoms with Gasteiger partial charge >= 0.3 is 0 Å². The standard InChI is InChI=1S/C47H50Cl3N2OS/c1-9-51-40-21-17-34(49)27-38(40)46(5,6)42(51)23-13-31-11-12-32(14-24-43-47(7,8)39-28-35(50)18-22-41(39)52(43)10-2)45(31)53-44-29(3)25-37(26-30(44)4)54-36-19-15-33(48)16-20-36/h13-25,27-28,30H,9-12,26H2,1-8H3/q+1. The summed E-state index contributed by atoms with van der Waals surface area (Å²) in [6.45, 7) is 19.9. The van der Waals surface area contributed by atoms with Crippen molar-refractivity contribution in [1.82, 2.24) is 0 Å². The van der Waals surface area contributed by atoms with Gasteiger partial charge in [0.05, 0.1) is 5.41 Å². The van der Waals surface area contributed by atoms with E-state index in [2.05, 4.69) is 132 Å². The van der Waals surface area contributed by atoms with Crippen molar-refractivity contribution in [2.24, 2.45) is 5.92 Å². The number of halogens is 3. The van der Waals surface area contributed by atoms with E-state index in [1.54, 1.807) is 0 Å². The van der Waals surface area contributed by atoms with E-state index in [4.69, 9.17) is 39.5 Å². The number of thioether (sulfide) groups is 1. The Hall–Kier alpha value is -3.41. The molecule has 0 saturated heterocycles. The highest BCUT2D eigenvalue weighted by Gasteiger charge is 2.44. The van der Waals surface area contributed by atoms with E-state index in [9.17, 15) is 0 Å². The molecule has 1 atom stereocenters. The highest BCUT2D eigenvalue weighted by molar-refractivity contribution is 8.03. The Kier molecular flexibility index (Phi) is 11.0. The van der Waals surface area contributed by atoms with Crippen LogP contribution in [-0.2, 0) is 15.6 Å². The Balaban J connectivity index is 1.29. The molecular weight excluding hydrogens is 747 g/mol. The first-order valence-corrected chi connectivity index (χ1v) is 21.1. The minimum absolute atomic E-state index is 0.189. The summed E-state index contributed by atoms with van der Waals surface area (Å²) in [5.41, 5.74) is 10.8. The molecule has 54 heavy (non-hydrogen) atoms. The number of hydrogen-bond donors (Lipinski definition) is 0. The molecule has 0 amide bonds. The lowest BCUT2D eigenvalue weighted by molar-refractivity contribution is -0.433. The van der Waals surface area contributed by atoms with Gasteiger partial charge in [0.1, 0.15) is 18.1 Å². The number of fused-ring (bicyclic) bond motifs is 2. The van der Waals surface area contributed by atoms with Gasteiger partial charge in [0, 0.05) is 66.9 Å². The number of nitrogens with zero attached hydrogens (tertiary/aromatic N) is 2. The molecule has 280 valence electrons. The molecule has 3 aromatic carbocycles. The molecule has 7 rings (SSSR count). The largest absolute Gasteiger partial charge is 0.461 e. The molecule has 0 spiro atoms. The Labute approximate surface area is 341 Å². The van der Waals surface area contributed by atoms with Crippen LogP contribution in [0.5, 0.6) is 0 Å². The van der Waals surface area contributed by atoms with Crippen LogP contribution in [0.15, 0.2) is 135 Å². The SMILES string of the molecule is CCN1/C(=C/C=C2\CCC(C=CC3=[N+](CC)c4ccc(Cl)cc4C3(C)C)=C2OC2=C(C)C=C(Sc3ccc(Cl)cc3)CC2C)C(C)(C)c2cc(Cl)ccc21. The van der Waals surface area contributed by atoms with Gasteiger partial charge in [0.2, 0.25) is 5.69 Å². The average Bonchev–Trinajstić information content (AvgIpc) is 3.68. The smallest absolute Gasteiger partial charge is 0.209 e. The zero-order valence-electron chi connectivity index (χ0n) is 32.6. The molecule has 0 saturated carbocycles. The maximum absolute atomic E-state index is 7.18. The molecule has 7 heteroatoms. The second-order valence-electron chi connectivity index (χ2n) is 15.8. The molecule has 3 nitrogen and oxygen atoms in total. The fourth-order valence-electron chi connectivity index (χ4n) is 8.66. The second kappa shape index (κ2) is 15.3. The number of ether oxygens (including phenoxy) is 1. The molecule has 4 aliphatic rings. The summed E-state index contributed by atoms with van der Waals surface area (Å²) in [7, 11) is 0. The van der Waals surface area contributed by atoms with Gasteiger partial charge in [-0.1, -0.05) is 73.4 Å². The Morgan fingerprint density at radius 3 is 2.22 bits per heavy atom. The summed E-state index contributed by atoms with van der Waals surface area (Å²) >= 11 is 21.0. The fraction of sp³-hybridized carbons (Fsp3) is 0.340. The number of hydrogen-bond acceptors (Lipinski definition) is 3. The topological polar surface area (TPSA) is 15.5 Å². The first-order valence-electron chi connectivity index (χ1n) is 19.1. The minimum atomic E-state index is -0.189. The monoisotopic (exact) mass is 795 g/mol. The van der Waals surface area contributed by atoms with Gasteiger partial charge in [-0.2, -0.15) is 4.58 Å². The molecule has 0 bridgehead atoms. The molecular formula is C47H50Cl3N2OS+. The number of allylic oxidation sites excluding steroid dienone is 11. The third kappa shape index (κ3) is 7.20. The highest BCUT2D eigenvalue weighted by Crippen LogP contribution is 2.49. The molecule has 2 aliphatic heterocycles. The van der Waals surface area contributed by atoms with E-state index in [1.165, 1.54) is 60.4 Å². The van der Waals surface area contributed by atoms with Gasteiger partial charge in [-0.15, -0.1) is 0 Å². The number of anilines is 1. The van der Waals surface area contributed by atoms with Gasteiger partial charge in [0.25, 0.3) is 0 Å².